The number of aromatic nitrogens is 3. The van der Waals surface area contributed by atoms with Crippen molar-refractivity contribution in [2.45, 2.75) is 76.8 Å². The molecule has 1 aromatic carbocycles. The van der Waals surface area contributed by atoms with E-state index in [2.05, 4.69) is 20.6 Å². The Bertz CT molecular complexity index is 1270. The molecular formula is C26H35F3N6O. The first-order valence-electron chi connectivity index (χ1n) is 12.4. The zero-order chi connectivity index (χ0) is 26.3. The van der Waals surface area contributed by atoms with E-state index in [4.69, 9.17) is 5.73 Å². The van der Waals surface area contributed by atoms with E-state index in [-0.39, 0.29) is 23.3 Å². The van der Waals surface area contributed by atoms with Crippen molar-refractivity contribution in [3.05, 3.63) is 52.1 Å². The maximum atomic E-state index is 14.1. The highest BCUT2D eigenvalue weighted by molar-refractivity contribution is 5.82. The summed E-state index contributed by atoms with van der Waals surface area (Å²) in [5.74, 6) is 0. The Morgan fingerprint density at radius 2 is 1.94 bits per heavy atom. The molecule has 0 radical (unpaired) electrons. The molecule has 196 valence electrons. The Hall–Kier alpha value is -2.69. The molecule has 1 fully saturated rings. The number of hydrogen-bond acceptors (Lipinski definition) is 5. The van der Waals surface area contributed by atoms with E-state index in [1.165, 1.54) is 0 Å². The lowest BCUT2D eigenvalue weighted by atomic mass is 9.92. The topological polar surface area (TPSA) is 101 Å². The highest BCUT2D eigenvalue weighted by atomic mass is 19.4. The predicted octanol–water partition coefficient (Wildman–Crippen LogP) is 3.98. The Labute approximate surface area is 208 Å². The van der Waals surface area contributed by atoms with Gasteiger partial charge in [0.15, 0.2) is 0 Å². The Kier molecular flexibility index (Phi) is 7.32. The van der Waals surface area contributed by atoms with Gasteiger partial charge in [0.05, 0.1) is 0 Å². The third-order valence-corrected chi connectivity index (χ3v) is 6.61. The predicted molar refractivity (Wildman–Crippen MR) is 136 cm³/mol. The number of hydrogen-bond donors (Lipinski definition) is 4. The molecule has 1 saturated heterocycles. The van der Waals surface area contributed by atoms with Crippen molar-refractivity contribution in [3.8, 4) is 11.3 Å². The molecule has 1 aliphatic rings. The molecule has 0 amide bonds. The van der Waals surface area contributed by atoms with E-state index in [0.29, 0.717) is 42.8 Å². The fourth-order valence-corrected chi connectivity index (χ4v) is 4.52. The molecule has 0 aliphatic carbocycles. The highest BCUT2D eigenvalue weighted by Gasteiger charge is 2.43. The summed E-state index contributed by atoms with van der Waals surface area (Å²) in [6.45, 7) is 8.70. The number of alkyl halides is 3. The van der Waals surface area contributed by atoms with Crippen molar-refractivity contribution in [2.75, 3.05) is 13.1 Å². The van der Waals surface area contributed by atoms with Crippen molar-refractivity contribution in [1.29, 1.82) is 0 Å². The molecule has 3 aromatic rings. The summed E-state index contributed by atoms with van der Waals surface area (Å²) >= 11 is 0. The number of halogens is 3. The molecule has 0 saturated carbocycles. The second-order valence-corrected chi connectivity index (χ2v) is 10.8. The standard InChI is InChI=1S/C26H35F3N6O/c1-15(30)6-5-7-16-10-17(8-9-20(16)22(26(27,28)29)32-19-12-31-13-19)21-11-18-14-35(25(2,3)4)24(36)34-23(18)33-21/h8-11,14-15,19,22,31-32H,5-7,12-13,30H2,1-4H3,(H,33,34,36)/t15-,22?/m0/s1. The number of nitrogens with zero attached hydrogens (tertiary/aromatic N) is 2. The lowest BCUT2D eigenvalue weighted by Crippen LogP contribution is -2.58. The Balaban J connectivity index is 1.74. The molecule has 2 aromatic heterocycles. The van der Waals surface area contributed by atoms with Gasteiger partial charge in [0.1, 0.15) is 11.7 Å². The van der Waals surface area contributed by atoms with Crippen LogP contribution in [0.1, 0.15) is 57.7 Å². The maximum Gasteiger partial charge on any atom is 0.407 e. The van der Waals surface area contributed by atoms with Crippen LogP contribution in [-0.4, -0.2) is 45.9 Å². The van der Waals surface area contributed by atoms with Crippen LogP contribution in [-0.2, 0) is 12.0 Å². The number of nitrogens with two attached hydrogens (primary N) is 1. The first-order valence-corrected chi connectivity index (χ1v) is 12.4. The van der Waals surface area contributed by atoms with E-state index < -0.39 is 17.8 Å². The smallest absolute Gasteiger partial charge is 0.339 e. The number of benzene rings is 1. The SMILES string of the molecule is C[C@H](N)CCCc1cc(-c2cc3cn(C(C)(C)C)c(=O)nc3[nH]2)ccc1C(NC1CNC1)C(F)(F)F. The summed E-state index contributed by atoms with van der Waals surface area (Å²) in [6.07, 6.45) is -0.782. The van der Waals surface area contributed by atoms with E-state index in [1.807, 2.05) is 39.8 Å². The zero-order valence-electron chi connectivity index (χ0n) is 21.2. The lowest BCUT2D eigenvalue weighted by Gasteiger charge is -2.34. The Morgan fingerprint density at radius 1 is 1.22 bits per heavy atom. The minimum Gasteiger partial charge on any atom is -0.339 e. The normalized spacial score (nSPS) is 16.8. The third-order valence-electron chi connectivity index (χ3n) is 6.61. The van der Waals surface area contributed by atoms with Crippen molar-refractivity contribution in [3.63, 3.8) is 0 Å². The van der Waals surface area contributed by atoms with Gasteiger partial charge in [-0.1, -0.05) is 12.1 Å². The van der Waals surface area contributed by atoms with Gasteiger partial charge in [-0.15, -0.1) is 0 Å². The fourth-order valence-electron chi connectivity index (χ4n) is 4.52. The zero-order valence-corrected chi connectivity index (χ0v) is 21.2. The quantitative estimate of drug-likeness (QED) is 0.372. The molecule has 2 atom stereocenters. The lowest BCUT2D eigenvalue weighted by molar-refractivity contribution is -0.160. The van der Waals surface area contributed by atoms with Crippen LogP contribution in [0.2, 0.25) is 0 Å². The summed E-state index contributed by atoms with van der Waals surface area (Å²) in [6, 6.07) is 4.97. The molecule has 1 unspecified atom stereocenters. The van der Waals surface area contributed by atoms with E-state index in [9.17, 15) is 18.0 Å². The molecule has 36 heavy (non-hydrogen) atoms. The second-order valence-electron chi connectivity index (χ2n) is 10.8. The summed E-state index contributed by atoms with van der Waals surface area (Å²) in [7, 11) is 0. The average molecular weight is 505 g/mol. The van der Waals surface area contributed by atoms with Crippen LogP contribution in [0, 0.1) is 0 Å². The summed E-state index contributed by atoms with van der Waals surface area (Å²) in [5.41, 5.74) is 7.87. The Morgan fingerprint density at radius 3 is 2.53 bits per heavy atom. The molecule has 10 heteroatoms. The number of H-pyrrole nitrogens is 1. The van der Waals surface area contributed by atoms with Crippen molar-refractivity contribution in [1.82, 2.24) is 25.2 Å². The monoisotopic (exact) mass is 504 g/mol. The van der Waals surface area contributed by atoms with Crippen molar-refractivity contribution in [2.24, 2.45) is 5.73 Å². The van der Waals surface area contributed by atoms with E-state index in [1.54, 1.807) is 22.9 Å². The number of fused-ring (bicyclic) bond motifs is 1. The van der Waals surface area contributed by atoms with Crippen LogP contribution in [0.3, 0.4) is 0 Å². The number of nitrogens with one attached hydrogen (secondary N) is 3. The van der Waals surface area contributed by atoms with Gasteiger partial charge in [-0.2, -0.15) is 18.2 Å². The van der Waals surface area contributed by atoms with Crippen LogP contribution in [0.5, 0.6) is 0 Å². The summed E-state index contributed by atoms with van der Waals surface area (Å²) in [4.78, 5) is 19.8. The van der Waals surface area contributed by atoms with Crippen LogP contribution >= 0.6 is 0 Å². The fraction of sp³-hybridized carbons (Fsp3) is 0.538. The van der Waals surface area contributed by atoms with Crippen LogP contribution in [0.4, 0.5) is 13.2 Å². The van der Waals surface area contributed by atoms with E-state index in [0.717, 1.165) is 17.4 Å². The molecule has 0 bridgehead atoms. The maximum absolute atomic E-state index is 14.1. The molecule has 7 nitrogen and oxygen atoms in total. The number of aromatic amines is 1. The molecule has 1 aliphatic heterocycles. The van der Waals surface area contributed by atoms with Gasteiger partial charge in [0, 0.05) is 48.0 Å². The summed E-state index contributed by atoms with van der Waals surface area (Å²) < 4.78 is 44.0. The number of rotatable bonds is 8. The third kappa shape index (κ3) is 5.82. The molecule has 0 spiro atoms. The first kappa shape index (κ1) is 26.4. The largest absolute Gasteiger partial charge is 0.407 e. The molecule has 4 rings (SSSR count). The number of aryl methyl sites for hydroxylation is 1. The average Bonchev–Trinajstić information content (AvgIpc) is 3.13. The first-order chi connectivity index (χ1) is 16.8. The van der Waals surface area contributed by atoms with E-state index >= 15 is 0 Å². The molecule has 5 N–H and O–H groups in total. The van der Waals surface area contributed by atoms with Crippen molar-refractivity contribution >= 4 is 11.0 Å². The van der Waals surface area contributed by atoms with Gasteiger partial charge in [-0.05, 0) is 75.8 Å². The minimum absolute atomic E-state index is 0.0233. The second kappa shape index (κ2) is 9.99. The van der Waals surface area contributed by atoms with Crippen LogP contribution in [0.25, 0.3) is 22.3 Å². The molecule has 3 heterocycles. The van der Waals surface area contributed by atoms with Crippen LogP contribution < -0.4 is 22.1 Å². The van der Waals surface area contributed by atoms with Gasteiger partial charge in [-0.3, -0.25) is 9.88 Å². The van der Waals surface area contributed by atoms with Gasteiger partial charge in [0.25, 0.3) is 0 Å². The highest BCUT2D eigenvalue weighted by Crippen LogP contribution is 2.37. The summed E-state index contributed by atoms with van der Waals surface area (Å²) in [5, 5.41) is 6.56. The van der Waals surface area contributed by atoms with Gasteiger partial charge < -0.3 is 16.0 Å². The van der Waals surface area contributed by atoms with Gasteiger partial charge >= 0.3 is 11.9 Å². The minimum atomic E-state index is -4.43. The van der Waals surface area contributed by atoms with Crippen LogP contribution in [0.15, 0.2) is 35.3 Å². The van der Waals surface area contributed by atoms with Gasteiger partial charge in [0.2, 0.25) is 0 Å². The van der Waals surface area contributed by atoms with Gasteiger partial charge in [-0.25, -0.2) is 4.79 Å². The van der Waals surface area contributed by atoms with Crippen molar-refractivity contribution < 1.29 is 13.2 Å². The molecular weight excluding hydrogens is 469 g/mol.